The third kappa shape index (κ3) is 80.2. The average molecular weight is 1350 g/mol. The number of amides is 5. The van der Waals surface area contributed by atoms with Crippen molar-refractivity contribution < 1.29 is 60.7 Å². The molecule has 0 aromatic carbocycles. The third-order valence-corrected chi connectivity index (χ3v) is 12.0. The molecule has 560 valence electrons. The number of Topliss-reactive ketones (excluding diaryl/α,β-unsaturated/α-hetero) is 2. The van der Waals surface area contributed by atoms with Gasteiger partial charge in [-0.3, -0.25) is 38.4 Å². The van der Waals surface area contributed by atoms with Gasteiger partial charge in [-0.2, -0.15) is 0 Å². The van der Waals surface area contributed by atoms with Gasteiger partial charge in [0.15, 0.2) is 0 Å². The monoisotopic (exact) mass is 1340 g/mol. The van der Waals surface area contributed by atoms with Gasteiger partial charge in [-0.15, -0.1) is 0 Å². The van der Waals surface area contributed by atoms with E-state index in [1.54, 1.807) is 46.8 Å². The van der Waals surface area contributed by atoms with Crippen LogP contribution in [0.1, 0.15) is 308 Å². The molecule has 1 heterocycles. The molecule has 5 amide bonds. The molecule has 0 atom stereocenters. The van der Waals surface area contributed by atoms with Crippen molar-refractivity contribution in [2.24, 2.45) is 60.1 Å². The highest BCUT2D eigenvalue weighted by molar-refractivity contribution is 5.85. The highest BCUT2D eigenvalue weighted by atomic mass is 19.3. The van der Waals surface area contributed by atoms with E-state index in [1.807, 2.05) is 197 Å². The Labute approximate surface area is 571 Å². The van der Waals surface area contributed by atoms with Crippen molar-refractivity contribution in [2.75, 3.05) is 61.0 Å². The molecule has 0 bridgehead atoms. The molecule has 1 saturated heterocycles. The maximum Gasteiger partial charge on any atom is 0.310 e. The zero-order valence-electron chi connectivity index (χ0n) is 68.4. The normalized spacial score (nSPS) is 12.8. The second-order valence-corrected chi connectivity index (χ2v) is 35.4. The molecule has 1 aliphatic rings. The van der Waals surface area contributed by atoms with Gasteiger partial charge < -0.3 is 30.1 Å². The van der Waals surface area contributed by atoms with E-state index in [0.29, 0.717) is 36.7 Å². The first kappa shape index (κ1) is 108. The molecule has 0 aliphatic carbocycles. The topological polar surface area (TPSA) is 180 Å². The molecule has 1 rings (SSSR count). The molecule has 18 heteroatoms. The molecular formula is C75H153F4N5O9. The number of methoxy groups -OCH3 is 1. The van der Waals surface area contributed by atoms with E-state index in [4.69, 9.17) is 0 Å². The molecule has 0 radical (unpaired) electrons. The number of esters is 1. The van der Waals surface area contributed by atoms with Gasteiger partial charge in [0, 0.05) is 119 Å². The standard InChI is InChI=1S/C11H21NO.C10H21NO.C8H16O.C7H14F2.2C7H15NO.C7H14O.C6H12F2.C6H13NO.C6H12O2/c1-11(2,3)9-10(13)12-7-5-4-6-8-12;1-6-11(7-2)9(12)8-10(3,4)5;1-6(2)7(9)8(3,4)5;1-6(2,3)5-7(4,8)9;1-7(2,3)6(9)8(4)5;1-5-8-6(9)7(2,3)4;1-5-6(8)7(2,3)4;1-6(2,3)4-5(7)8;1-6(2,3)5(8)7-4;1-6(2,3)5(7)8-4/h4-9H2,1-3H3;6-8H2,1-5H3;6H,1-5H3;5H2,1-4H3;1-5H3;5H2,1-4H3,(H,8,9);5H2,1-4H3;5H,4H2,1-3H3;1-4H3,(H,7,8);1-4H3. The van der Waals surface area contributed by atoms with Crippen LogP contribution in [0.15, 0.2) is 0 Å². The number of hydrogen-bond acceptors (Lipinski definition) is 9. The number of rotatable bonds is 9. The third-order valence-electron chi connectivity index (χ3n) is 12.0. The van der Waals surface area contributed by atoms with Crippen LogP contribution >= 0.6 is 0 Å². The van der Waals surface area contributed by atoms with Crippen LogP contribution in [0.2, 0.25) is 0 Å². The highest BCUT2D eigenvalue weighted by Crippen LogP contribution is 2.31. The number of carbonyl (C=O) groups is 8. The van der Waals surface area contributed by atoms with Crippen LogP contribution in [-0.2, 0) is 43.1 Å². The fraction of sp³-hybridized carbons (Fsp3) is 0.893. The average Bonchev–Trinajstić information content (AvgIpc) is 1.32. The summed E-state index contributed by atoms with van der Waals surface area (Å²) in [6, 6.07) is 0. The zero-order chi connectivity index (χ0) is 77.3. The van der Waals surface area contributed by atoms with Crippen molar-refractivity contribution in [3.63, 3.8) is 0 Å². The largest absolute Gasteiger partial charge is 0.469 e. The summed E-state index contributed by atoms with van der Waals surface area (Å²) in [7, 11) is 6.59. The predicted octanol–water partition coefficient (Wildman–Crippen LogP) is 19.0. The van der Waals surface area contributed by atoms with Gasteiger partial charge in [-0.05, 0) is 89.4 Å². The van der Waals surface area contributed by atoms with Gasteiger partial charge in [-0.1, -0.05) is 208 Å². The summed E-state index contributed by atoms with van der Waals surface area (Å²) in [5.74, 6) is -0.870. The highest BCUT2D eigenvalue weighted by Gasteiger charge is 2.29. The number of nitrogens with one attached hydrogen (secondary N) is 2. The molecule has 0 saturated carbocycles. The molecule has 0 unspecified atom stereocenters. The fourth-order valence-electron chi connectivity index (χ4n) is 7.42. The lowest BCUT2D eigenvalue weighted by Crippen LogP contribution is -2.37. The van der Waals surface area contributed by atoms with Crippen LogP contribution in [0, 0.1) is 60.1 Å². The summed E-state index contributed by atoms with van der Waals surface area (Å²) in [6.07, 6.45) is 3.46. The molecule has 0 aromatic rings. The van der Waals surface area contributed by atoms with E-state index in [2.05, 4.69) is 56.9 Å². The van der Waals surface area contributed by atoms with Gasteiger partial charge >= 0.3 is 5.97 Å². The number of hydrogen-bond donors (Lipinski definition) is 2. The number of ether oxygens (including phenoxy) is 1. The number of carbonyl (C=O) groups excluding carboxylic acids is 8. The van der Waals surface area contributed by atoms with Crippen molar-refractivity contribution in [3.05, 3.63) is 0 Å². The number of likely N-dealkylation sites (tertiary alicyclic amines) is 1. The van der Waals surface area contributed by atoms with Crippen molar-refractivity contribution in [3.8, 4) is 0 Å². The number of nitrogens with zero attached hydrogens (tertiary/aromatic N) is 3. The number of ketones is 2. The van der Waals surface area contributed by atoms with Crippen LogP contribution in [0.3, 0.4) is 0 Å². The molecule has 1 aliphatic heterocycles. The maximum absolute atomic E-state index is 12.2. The minimum Gasteiger partial charge on any atom is -0.469 e. The first-order chi connectivity index (χ1) is 40.6. The first-order valence-corrected chi connectivity index (χ1v) is 33.8. The quantitative estimate of drug-likeness (QED) is 0.168. The van der Waals surface area contributed by atoms with E-state index in [9.17, 15) is 55.9 Å². The minimum absolute atomic E-state index is 0.00694. The van der Waals surface area contributed by atoms with Crippen molar-refractivity contribution >= 4 is 47.1 Å². The second-order valence-electron chi connectivity index (χ2n) is 35.4. The Morgan fingerprint density at radius 3 is 0.989 bits per heavy atom. The van der Waals surface area contributed by atoms with E-state index in [0.717, 1.165) is 39.6 Å². The Kier molecular flexibility index (Phi) is 56.2. The van der Waals surface area contributed by atoms with Crippen LogP contribution in [-0.4, -0.2) is 135 Å². The summed E-state index contributed by atoms with van der Waals surface area (Å²) >= 11 is 0. The lowest BCUT2D eigenvalue weighted by atomic mass is 9.85. The molecular weight excluding hydrogens is 1190 g/mol. The van der Waals surface area contributed by atoms with Gasteiger partial charge in [0.1, 0.15) is 11.6 Å². The minimum atomic E-state index is -2.52. The Bertz CT molecular complexity index is 1920. The lowest BCUT2D eigenvalue weighted by molar-refractivity contribution is -0.149. The SMILES string of the molecule is CC(C)(C)CC(=O)N1CCCCC1.CC(C)(C)CC(C)(F)F.CC(C)(C)CC(F)F.CC(C)C(=O)C(C)(C)C.CCC(=O)C(C)(C)C.CCN(CC)C(=O)CC(C)(C)C.CCNC(=O)C(C)(C)C.CN(C)C(=O)C(C)(C)C.CNC(=O)C(C)(C)C.COC(=O)C(C)(C)C. The van der Waals surface area contributed by atoms with Crippen molar-refractivity contribution in [1.29, 1.82) is 0 Å². The Balaban J connectivity index is -0.000000121. The summed E-state index contributed by atoms with van der Waals surface area (Å²) in [6.45, 7) is 74.7. The van der Waals surface area contributed by atoms with Gasteiger partial charge in [0.2, 0.25) is 41.9 Å². The van der Waals surface area contributed by atoms with Crippen LogP contribution in [0.25, 0.3) is 0 Å². The Morgan fingerprint density at radius 1 is 0.505 bits per heavy atom. The van der Waals surface area contributed by atoms with Gasteiger partial charge in [0.25, 0.3) is 0 Å². The first-order valence-electron chi connectivity index (χ1n) is 33.8. The fourth-order valence-corrected chi connectivity index (χ4v) is 7.42. The van der Waals surface area contributed by atoms with E-state index >= 15 is 0 Å². The van der Waals surface area contributed by atoms with E-state index in [1.165, 1.54) is 26.4 Å². The van der Waals surface area contributed by atoms with Gasteiger partial charge in [0.05, 0.1) is 12.5 Å². The van der Waals surface area contributed by atoms with Crippen LogP contribution < -0.4 is 10.6 Å². The molecule has 1 fully saturated rings. The number of piperidine rings is 1. The van der Waals surface area contributed by atoms with E-state index in [-0.39, 0.29) is 103 Å². The molecule has 0 aromatic heterocycles. The summed E-state index contributed by atoms with van der Waals surface area (Å²) in [4.78, 5) is 94.2. The summed E-state index contributed by atoms with van der Waals surface area (Å²) in [5, 5.41) is 5.31. The maximum atomic E-state index is 12.2. The summed E-state index contributed by atoms with van der Waals surface area (Å²) in [5.41, 5.74) is -1.60. The van der Waals surface area contributed by atoms with E-state index < -0.39 is 12.3 Å². The zero-order valence-corrected chi connectivity index (χ0v) is 68.4. The predicted molar refractivity (Wildman–Crippen MR) is 387 cm³/mol. The Morgan fingerprint density at radius 2 is 0.882 bits per heavy atom. The number of alkyl halides is 4. The molecule has 0 spiro atoms. The van der Waals surface area contributed by atoms with Crippen molar-refractivity contribution in [2.45, 2.75) is 320 Å². The lowest BCUT2D eigenvalue weighted by Gasteiger charge is -2.29. The van der Waals surface area contributed by atoms with Crippen LogP contribution in [0.4, 0.5) is 17.6 Å². The number of halogens is 4. The Hall–Kier alpha value is -4.12. The van der Waals surface area contributed by atoms with Gasteiger partial charge in [-0.25, -0.2) is 17.6 Å². The van der Waals surface area contributed by atoms with Crippen LogP contribution in [0.5, 0.6) is 0 Å². The molecule has 14 nitrogen and oxygen atoms in total. The summed E-state index contributed by atoms with van der Waals surface area (Å²) < 4.78 is 52.0. The molecule has 93 heavy (non-hydrogen) atoms. The molecule has 2 N–H and O–H groups in total. The van der Waals surface area contributed by atoms with Crippen molar-refractivity contribution in [1.82, 2.24) is 25.3 Å². The second kappa shape index (κ2) is 48.6. The smallest absolute Gasteiger partial charge is 0.310 e.